The monoisotopic (exact) mass is 1620 g/mol. The van der Waals surface area contributed by atoms with E-state index >= 15 is 14.4 Å². The van der Waals surface area contributed by atoms with Gasteiger partial charge < -0.3 is 58.6 Å². The Morgan fingerprint density at radius 2 is 0.395 bits per heavy atom. The standard InChI is InChI=1S/C102H128N4O13/c107-86-103-102(98(110)106-101(63-34-74-117-83-93-49-22-7-23-50-93,64-35-75-118-84-94-51-24-8-25-52-94)65-36-76-119-85-95-53-26-9-27-54-95,66-55-96(108)104-99(57-28-68-111-77-87-37-10-1-11-38-87,58-29-69-112-78-88-39-12-2-13-40-88)59-30-70-113-79-89-41-14-3-15-42-89)67-56-97(109)105-100(60-31-71-114-80-90-43-16-4-17-44-90,61-32-72-115-81-91-45-18-5-19-46-91)62-33-73-116-82-92-47-20-6-21-48-92/h1-27,37-54H,28-36,55-85H2,(H,104,108)(H,105,109)(H,106,110). The van der Waals surface area contributed by atoms with Gasteiger partial charge >= 0.3 is 0 Å². The number of hydrogen-bond acceptors (Lipinski definition) is 14. The summed E-state index contributed by atoms with van der Waals surface area (Å²) in [5, 5.41) is 10.8. The Kier molecular flexibility index (Phi) is 43.9. The Labute approximate surface area is 708 Å². The van der Waals surface area contributed by atoms with Crippen LogP contribution in [-0.4, -0.2) is 105 Å². The molecular weight excluding hydrogens is 1490 g/mol. The first-order valence-corrected chi connectivity index (χ1v) is 43.2. The molecule has 3 amide bonds. The molecule has 0 bridgehead atoms. The van der Waals surface area contributed by atoms with E-state index in [-0.39, 0.29) is 37.5 Å². The maximum absolute atomic E-state index is 16.7. The zero-order chi connectivity index (χ0) is 82.9. The van der Waals surface area contributed by atoms with Gasteiger partial charge in [-0.2, -0.15) is 4.99 Å². The van der Waals surface area contributed by atoms with E-state index < -0.39 is 28.1 Å². The zero-order valence-corrected chi connectivity index (χ0v) is 70.0. The molecule has 119 heavy (non-hydrogen) atoms. The molecule has 0 radical (unpaired) electrons. The van der Waals surface area contributed by atoms with Crippen LogP contribution in [0.25, 0.3) is 0 Å². The first-order valence-electron chi connectivity index (χ1n) is 43.2. The highest BCUT2D eigenvalue weighted by Gasteiger charge is 2.45. The fourth-order valence-electron chi connectivity index (χ4n) is 15.5. The smallest absolute Gasteiger partial charge is 0.249 e. The summed E-state index contributed by atoms with van der Waals surface area (Å²) < 4.78 is 57.2. The molecule has 0 unspecified atom stereocenters. The SMILES string of the molecule is O=C=NC(CCC(=O)NC(CCCOCc1ccccc1)(CCCOCc1ccccc1)CCCOCc1ccccc1)(CCC(=O)NC(CCCOCc1ccccc1)(CCCOCc1ccccc1)CCCOCc1ccccc1)C(=O)NC(CCCOCc1ccccc1)(CCCOCc1ccccc1)CCCOCc1ccccc1. The van der Waals surface area contributed by atoms with Gasteiger partial charge in [0, 0.05) is 88.9 Å². The van der Waals surface area contributed by atoms with E-state index in [1.807, 2.05) is 279 Å². The number of hydrogen-bond donors (Lipinski definition) is 3. The van der Waals surface area contributed by atoms with Crippen molar-refractivity contribution in [1.29, 1.82) is 0 Å². The number of benzene rings is 9. The highest BCUT2D eigenvalue weighted by atomic mass is 16.5. The van der Waals surface area contributed by atoms with Gasteiger partial charge in [-0.25, -0.2) is 4.79 Å². The fourth-order valence-corrected chi connectivity index (χ4v) is 15.5. The van der Waals surface area contributed by atoms with E-state index in [1.165, 1.54) is 0 Å². The quantitative estimate of drug-likeness (QED) is 0.0185. The molecule has 17 nitrogen and oxygen atoms in total. The summed E-state index contributed by atoms with van der Waals surface area (Å²) in [6.07, 6.45) is 11.1. The molecule has 9 rings (SSSR count). The van der Waals surface area contributed by atoms with Crippen LogP contribution in [0.1, 0.15) is 191 Å². The summed E-state index contributed by atoms with van der Waals surface area (Å²) in [6.45, 7) is 7.63. The second kappa shape index (κ2) is 56.0. The Balaban J connectivity index is 1.04. The molecule has 634 valence electrons. The van der Waals surface area contributed by atoms with Crippen molar-refractivity contribution < 1.29 is 61.8 Å². The molecule has 0 aromatic heterocycles. The molecule has 9 aromatic carbocycles. The second-order valence-electron chi connectivity index (χ2n) is 31.4. The van der Waals surface area contributed by atoms with Crippen LogP contribution in [0.5, 0.6) is 0 Å². The molecule has 0 saturated heterocycles. The number of carbonyl (C=O) groups excluding carboxylic acids is 4. The normalized spacial score (nSPS) is 11.8. The number of isocyanates is 1. The fraction of sp³-hybridized carbons (Fsp3) is 0.431. The lowest BCUT2D eigenvalue weighted by Gasteiger charge is -2.40. The molecule has 3 N–H and O–H groups in total. The van der Waals surface area contributed by atoms with Crippen molar-refractivity contribution in [2.75, 3.05) is 59.5 Å². The van der Waals surface area contributed by atoms with E-state index in [0.29, 0.717) is 234 Å². The van der Waals surface area contributed by atoms with E-state index in [4.69, 9.17) is 42.6 Å². The summed E-state index contributed by atoms with van der Waals surface area (Å²) in [5.74, 6) is -1.25. The molecule has 0 atom stereocenters. The Morgan fingerprint density at radius 1 is 0.235 bits per heavy atom. The summed E-state index contributed by atoms with van der Waals surface area (Å²) in [4.78, 5) is 66.5. The average Bonchev–Trinajstić information content (AvgIpc) is 0.799. The van der Waals surface area contributed by atoms with Crippen molar-refractivity contribution in [3.63, 3.8) is 0 Å². The maximum Gasteiger partial charge on any atom is 0.249 e. The zero-order valence-electron chi connectivity index (χ0n) is 70.0. The van der Waals surface area contributed by atoms with Crippen molar-refractivity contribution in [2.45, 2.75) is 223 Å². The third-order valence-electron chi connectivity index (χ3n) is 21.9. The second-order valence-corrected chi connectivity index (χ2v) is 31.4. The summed E-state index contributed by atoms with van der Waals surface area (Å²) in [5.41, 5.74) is 4.95. The van der Waals surface area contributed by atoms with Gasteiger partial charge in [0.2, 0.25) is 23.8 Å². The van der Waals surface area contributed by atoms with Gasteiger partial charge in [0.25, 0.3) is 0 Å². The lowest BCUT2D eigenvalue weighted by molar-refractivity contribution is -0.130. The number of ether oxygens (including phenoxy) is 9. The van der Waals surface area contributed by atoms with Gasteiger partial charge in [-0.1, -0.05) is 273 Å². The molecular formula is C102H128N4O13. The van der Waals surface area contributed by atoms with Crippen LogP contribution in [0.4, 0.5) is 0 Å². The molecule has 0 heterocycles. The maximum atomic E-state index is 16.7. The van der Waals surface area contributed by atoms with Crippen LogP contribution >= 0.6 is 0 Å². The van der Waals surface area contributed by atoms with E-state index in [1.54, 1.807) is 0 Å². The minimum absolute atomic E-state index is 0.234. The number of nitrogens with zero attached hydrogens (tertiary/aromatic N) is 1. The predicted molar refractivity (Wildman–Crippen MR) is 470 cm³/mol. The minimum Gasteiger partial charge on any atom is -0.377 e. The number of rotatable bonds is 65. The van der Waals surface area contributed by atoms with Crippen molar-refractivity contribution in [3.8, 4) is 0 Å². The van der Waals surface area contributed by atoms with E-state index in [9.17, 15) is 4.79 Å². The molecule has 17 heteroatoms. The van der Waals surface area contributed by atoms with Gasteiger partial charge in [-0.15, -0.1) is 0 Å². The topological polar surface area (TPSA) is 200 Å². The van der Waals surface area contributed by atoms with E-state index in [0.717, 1.165) is 50.1 Å². The predicted octanol–water partition coefficient (Wildman–Crippen LogP) is 20.2. The van der Waals surface area contributed by atoms with Crippen LogP contribution in [0, 0.1) is 0 Å². The average molecular weight is 1620 g/mol. The van der Waals surface area contributed by atoms with Crippen molar-refractivity contribution in [3.05, 3.63) is 323 Å². The van der Waals surface area contributed by atoms with Crippen LogP contribution in [-0.2, 0) is 121 Å². The van der Waals surface area contributed by atoms with Crippen LogP contribution < -0.4 is 16.0 Å². The molecule has 0 aliphatic rings. The van der Waals surface area contributed by atoms with Gasteiger partial charge in [0.15, 0.2) is 5.54 Å². The molecule has 0 aliphatic carbocycles. The van der Waals surface area contributed by atoms with Crippen molar-refractivity contribution in [2.24, 2.45) is 4.99 Å². The Bertz CT molecular complexity index is 3640. The molecule has 0 fully saturated rings. The third-order valence-corrected chi connectivity index (χ3v) is 21.9. The number of aliphatic imine (C=N–C) groups is 1. The van der Waals surface area contributed by atoms with Crippen LogP contribution in [0.2, 0.25) is 0 Å². The minimum atomic E-state index is -1.99. The third kappa shape index (κ3) is 37.7. The van der Waals surface area contributed by atoms with Crippen LogP contribution in [0.3, 0.4) is 0 Å². The highest BCUT2D eigenvalue weighted by Crippen LogP contribution is 2.35. The molecule has 0 aliphatic heterocycles. The first kappa shape index (κ1) is 93.3. The number of nitrogens with one attached hydrogen (secondary N) is 3. The molecule has 9 aromatic rings. The summed E-state index contributed by atoms with van der Waals surface area (Å²) in [6, 6.07) is 90.6. The van der Waals surface area contributed by atoms with Gasteiger partial charge in [0.05, 0.1) is 59.5 Å². The lowest BCUT2D eigenvalue weighted by Crippen LogP contribution is -2.57. The molecule has 0 spiro atoms. The highest BCUT2D eigenvalue weighted by molar-refractivity contribution is 5.90. The lowest BCUT2D eigenvalue weighted by atomic mass is 9.80. The summed E-state index contributed by atoms with van der Waals surface area (Å²) in [7, 11) is 0. The first-order chi connectivity index (χ1) is 58.6. The Morgan fingerprint density at radius 3 is 0.555 bits per heavy atom. The van der Waals surface area contributed by atoms with Gasteiger partial charge in [0.1, 0.15) is 0 Å². The molecule has 0 saturated carbocycles. The van der Waals surface area contributed by atoms with Crippen molar-refractivity contribution >= 4 is 23.8 Å². The van der Waals surface area contributed by atoms with Gasteiger partial charge in [-0.05, 0) is 178 Å². The largest absolute Gasteiger partial charge is 0.377 e. The summed E-state index contributed by atoms with van der Waals surface area (Å²) >= 11 is 0. The number of amides is 3. The van der Waals surface area contributed by atoms with Crippen LogP contribution in [0.15, 0.2) is 278 Å². The number of carbonyl (C=O) groups is 3. The van der Waals surface area contributed by atoms with Crippen molar-refractivity contribution in [1.82, 2.24) is 16.0 Å². The Hall–Kier alpha value is -9.59. The van der Waals surface area contributed by atoms with E-state index in [2.05, 4.69) is 20.9 Å². The van der Waals surface area contributed by atoms with Gasteiger partial charge in [-0.3, -0.25) is 14.4 Å².